The van der Waals surface area contributed by atoms with Gasteiger partial charge in [-0.3, -0.25) is 0 Å². The first kappa shape index (κ1) is 14.1. The molecule has 0 fully saturated rings. The van der Waals surface area contributed by atoms with Crippen LogP contribution < -0.4 is 10.5 Å². The highest BCUT2D eigenvalue weighted by molar-refractivity contribution is 7.89. The van der Waals surface area contributed by atoms with Gasteiger partial charge in [-0.2, -0.15) is 11.3 Å². The second kappa shape index (κ2) is 5.79. The van der Waals surface area contributed by atoms with Gasteiger partial charge in [-0.05, 0) is 40.1 Å². The number of hydrogen-bond donors (Lipinski definition) is 2. The maximum Gasteiger partial charge on any atom is 0.243 e. The van der Waals surface area contributed by atoms with Crippen molar-refractivity contribution < 1.29 is 12.8 Å². The summed E-state index contributed by atoms with van der Waals surface area (Å²) in [7, 11) is -3.88. The Kier molecular flexibility index (Phi) is 4.31. The molecule has 0 radical (unpaired) electrons. The second-order valence-corrected chi connectivity index (χ2v) is 6.44. The molecule has 2 rings (SSSR count). The van der Waals surface area contributed by atoms with E-state index in [4.69, 9.17) is 5.73 Å². The lowest BCUT2D eigenvalue weighted by molar-refractivity contribution is 0.556. The number of rotatable bonds is 5. The molecule has 0 amide bonds. The Bertz CT molecular complexity index is 654. The van der Waals surface area contributed by atoms with Crippen LogP contribution in [0.25, 0.3) is 0 Å². The molecule has 0 saturated heterocycles. The Morgan fingerprint density at radius 2 is 2.05 bits per heavy atom. The normalized spacial score (nSPS) is 11.7. The van der Waals surface area contributed by atoms with Gasteiger partial charge in [0.1, 0.15) is 10.7 Å². The quantitative estimate of drug-likeness (QED) is 0.885. The van der Waals surface area contributed by atoms with Crippen molar-refractivity contribution in [3.8, 4) is 0 Å². The van der Waals surface area contributed by atoms with E-state index in [0.717, 1.165) is 11.6 Å². The molecule has 1 heterocycles. The molecular formula is C12H13FN2O2S2. The average Bonchev–Trinajstić information content (AvgIpc) is 2.90. The van der Waals surface area contributed by atoms with Crippen molar-refractivity contribution in [3.05, 3.63) is 52.0 Å². The lowest BCUT2D eigenvalue weighted by Gasteiger charge is -2.08. The van der Waals surface area contributed by atoms with Gasteiger partial charge in [0.2, 0.25) is 10.0 Å². The van der Waals surface area contributed by atoms with E-state index in [1.807, 2.05) is 10.8 Å². The van der Waals surface area contributed by atoms with Crippen LogP contribution in [-0.2, 0) is 23.1 Å². The molecule has 3 N–H and O–H groups in total. The lowest BCUT2D eigenvalue weighted by Crippen LogP contribution is -2.24. The molecule has 0 aliphatic carbocycles. The topological polar surface area (TPSA) is 72.2 Å². The minimum atomic E-state index is -3.88. The number of hydrogen-bond acceptors (Lipinski definition) is 4. The van der Waals surface area contributed by atoms with E-state index in [9.17, 15) is 12.8 Å². The van der Waals surface area contributed by atoms with Gasteiger partial charge in [-0.25, -0.2) is 17.5 Å². The Labute approximate surface area is 115 Å². The van der Waals surface area contributed by atoms with Gasteiger partial charge in [0.05, 0.1) is 0 Å². The highest BCUT2D eigenvalue weighted by Crippen LogP contribution is 2.17. The lowest BCUT2D eigenvalue weighted by atomic mass is 10.2. The van der Waals surface area contributed by atoms with Gasteiger partial charge < -0.3 is 5.73 Å². The summed E-state index contributed by atoms with van der Waals surface area (Å²) in [6, 6.07) is 5.64. The molecule has 0 unspecified atom stereocenters. The first-order valence-electron chi connectivity index (χ1n) is 5.52. The molecule has 0 aliphatic rings. The number of nitrogens with one attached hydrogen (secondary N) is 1. The smallest absolute Gasteiger partial charge is 0.243 e. The summed E-state index contributed by atoms with van der Waals surface area (Å²) in [5.41, 5.74) is 6.83. The predicted molar refractivity (Wildman–Crippen MR) is 72.6 cm³/mol. The van der Waals surface area contributed by atoms with Crippen LogP contribution >= 0.6 is 11.3 Å². The molecule has 1 aromatic heterocycles. The van der Waals surface area contributed by atoms with Crippen LogP contribution in [0, 0.1) is 5.82 Å². The fourth-order valence-corrected chi connectivity index (χ4v) is 3.34. The van der Waals surface area contributed by atoms with E-state index in [1.165, 1.54) is 23.5 Å². The Balaban J connectivity index is 2.23. The summed E-state index contributed by atoms with van der Waals surface area (Å²) in [6.45, 7) is 0.297. The molecule has 7 heteroatoms. The highest BCUT2D eigenvalue weighted by atomic mass is 32.2. The van der Waals surface area contributed by atoms with Gasteiger partial charge in [-0.15, -0.1) is 0 Å². The zero-order valence-corrected chi connectivity index (χ0v) is 11.6. The summed E-state index contributed by atoms with van der Waals surface area (Å²) in [5, 5.41) is 3.68. The van der Waals surface area contributed by atoms with E-state index >= 15 is 0 Å². The molecular weight excluding hydrogens is 287 g/mol. The summed E-state index contributed by atoms with van der Waals surface area (Å²) >= 11 is 1.47. The number of nitrogens with two attached hydrogens (primary N) is 1. The summed E-state index contributed by atoms with van der Waals surface area (Å²) in [6.07, 6.45) is 0. The molecule has 0 atom stereocenters. The van der Waals surface area contributed by atoms with E-state index in [1.54, 1.807) is 6.07 Å². The second-order valence-electron chi connectivity index (χ2n) is 3.93. The van der Waals surface area contributed by atoms with Gasteiger partial charge >= 0.3 is 0 Å². The van der Waals surface area contributed by atoms with Crippen LogP contribution in [0.1, 0.15) is 11.1 Å². The van der Waals surface area contributed by atoms with Crippen LogP contribution in [0.3, 0.4) is 0 Å². The molecule has 0 aliphatic heterocycles. The van der Waals surface area contributed by atoms with Gasteiger partial charge in [0, 0.05) is 13.1 Å². The van der Waals surface area contributed by atoms with Gasteiger partial charge in [0.15, 0.2) is 0 Å². The van der Waals surface area contributed by atoms with E-state index in [2.05, 4.69) is 4.72 Å². The van der Waals surface area contributed by atoms with Crippen LogP contribution in [0.2, 0.25) is 0 Å². The van der Waals surface area contributed by atoms with E-state index < -0.39 is 15.8 Å². The predicted octanol–water partition coefficient (Wildman–Crippen LogP) is 1.82. The van der Waals surface area contributed by atoms with Crippen molar-refractivity contribution >= 4 is 21.4 Å². The van der Waals surface area contributed by atoms with Crippen LogP contribution in [0.4, 0.5) is 4.39 Å². The third-order valence-corrected chi connectivity index (χ3v) is 4.72. The zero-order chi connectivity index (χ0) is 13.9. The number of benzene rings is 1. The molecule has 2 aromatic rings. The first-order chi connectivity index (χ1) is 9.03. The van der Waals surface area contributed by atoms with Crippen LogP contribution in [-0.4, -0.2) is 8.42 Å². The minimum Gasteiger partial charge on any atom is -0.326 e. The largest absolute Gasteiger partial charge is 0.326 e. The highest BCUT2D eigenvalue weighted by Gasteiger charge is 2.19. The molecule has 0 spiro atoms. The van der Waals surface area contributed by atoms with Crippen molar-refractivity contribution in [2.45, 2.75) is 18.0 Å². The fourth-order valence-electron chi connectivity index (χ4n) is 1.53. The molecule has 4 nitrogen and oxygen atoms in total. The summed E-state index contributed by atoms with van der Waals surface area (Å²) in [5.74, 6) is -0.782. The molecule has 0 bridgehead atoms. The zero-order valence-electron chi connectivity index (χ0n) is 9.97. The van der Waals surface area contributed by atoms with Gasteiger partial charge in [0.25, 0.3) is 0 Å². The van der Waals surface area contributed by atoms with Crippen molar-refractivity contribution in [1.82, 2.24) is 4.72 Å². The van der Waals surface area contributed by atoms with Crippen molar-refractivity contribution in [3.63, 3.8) is 0 Å². The monoisotopic (exact) mass is 300 g/mol. The van der Waals surface area contributed by atoms with E-state index in [0.29, 0.717) is 5.56 Å². The fraction of sp³-hybridized carbons (Fsp3) is 0.167. The van der Waals surface area contributed by atoms with E-state index in [-0.39, 0.29) is 18.0 Å². The maximum atomic E-state index is 13.6. The molecule has 1 aromatic carbocycles. The standard InChI is InChI=1S/C12H13FN2O2S2/c13-11-2-1-9(6-14)5-12(11)19(16,17)15-7-10-3-4-18-8-10/h1-5,8,15H,6-7,14H2. The SMILES string of the molecule is NCc1ccc(F)c(S(=O)(=O)NCc2ccsc2)c1. The van der Waals surface area contributed by atoms with Crippen molar-refractivity contribution in [2.24, 2.45) is 5.73 Å². The Morgan fingerprint density at radius 1 is 1.26 bits per heavy atom. The number of halogens is 1. The summed E-state index contributed by atoms with van der Waals surface area (Å²) < 4.78 is 40.0. The maximum absolute atomic E-state index is 13.6. The third kappa shape index (κ3) is 3.38. The molecule has 19 heavy (non-hydrogen) atoms. The molecule has 102 valence electrons. The third-order valence-electron chi connectivity index (χ3n) is 2.57. The van der Waals surface area contributed by atoms with Crippen molar-refractivity contribution in [2.75, 3.05) is 0 Å². The Hall–Kier alpha value is -1.28. The Morgan fingerprint density at radius 3 is 2.68 bits per heavy atom. The van der Waals surface area contributed by atoms with Crippen molar-refractivity contribution in [1.29, 1.82) is 0 Å². The molecule has 0 saturated carbocycles. The summed E-state index contributed by atoms with van der Waals surface area (Å²) in [4.78, 5) is -0.370. The number of thiophene rings is 1. The first-order valence-corrected chi connectivity index (χ1v) is 7.95. The van der Waals surface area contributed by atoms with Gasteiger partial charge in [-0.1, -0.05) is 6.07 Å². The van der Waals surface area contributed by atoms with Crippen LogP contribution in [0.5, 0.6) is 0 Å². The van der Waals surface area contributed by atoms with Crippen LogP contribution in [0.15, 0.2) is 39.9 Å². The average molecular weight is 300 g/mol. The number of sulfonamides is 1. The minimum absolute atomic E-state index is 0.137.